The Kier molecular flexibility index (Phi) is 3.06. The van der Waals surface area contributed by atoms with Crippen LogP contribution in [0.1, 0.15) is 18.0 Å². The molecule has 0 unspecified atom stereocenters. The van der Waals surface area contributed by atoms with E-state index in [4.69, 9.17) is 17.3 Å². The molecule has 1 aromatic rings. The molecule has 0 spiro atoms. The summed E-state index contributed by atoms with van der Waals surface area (Å²) in [5.74, 6) is 0. The molecule has 0 saturated carbocycles. The number of likely N-dealkylation sites (tertiary alicyclic amines) is 1. The first-order valence-corrected chi connectivity index (χ1v) is 5.37. The predicted octanol–water partition coefficient (Wildman–Crippen LogP) is 2.05. The molecule has 1 aliphatic heterocycles. The molecule has 2 N–H and O–H groups in total. The summed E-state index contributed by atoms with van der Waals surface area (Å²) in [4.78, 5) is 2.37. The highest BCUT2D eigenvalue weighted by molar-refractivity contribution is 6.30. The zero-order valence-electron chi connectivity index (χ0n) is 8.12. The third kappa shape index (κ3) is 2.27. The van der Waals surface area contributed by atoms with Gasteiger partial charge in [-0.3, -0.25) is 0 Å². The highest BCUT2D eigenvalue weighted by Crippen LogP contribution is 2.17. The lowest BCUT2D eigenvalue weighted by atomic mass is 10.1. The van der Waals surface area contributed by atoms with Crippen molar-refractivity contribution in [2.45, 2.75) is 12.5 Å². The van der Waals surface area contributed by atoms with Gasteiger partial charge in [-0.05, 0) is 37.2 Å². The largest absolute Gasteiger partial charge is 0.323 e. The molecule has 3 heteroatoms. The maximum absolute atomic E-state index is 6.07. The van der Waals surface area contributed by atoms with E-state index >= 15 is 0 Å². The Hall–Kier alpha value is -0.570. The SMILES string of the molecule is N[C@H](CN1CCC1)c1ccc(Cl)cc1. The Morgan fingerprint density at radius 3 is 2.43 bits per heavy atom. The quantitative estimate of drug-likeness (QED) is 0.828. The normalized spacial score (nSPS) is 19.0. The highest BCUT2D eigenvalue weighted by atomic mass is 35.5. The molecule has 1 heterocycles. The molecule has 14 heavy (non-hydrogen) atoms. The van der Waals surface area contributed by atoms with E-state index in [0.29, 0.717) is 0 Å². The van der Waals surface area contributed by atoms with E-state index in [9.17, 15) is 0 Å². The van der Waals surface area contributed by atoms with Gasteiger partial charge in [0.15, 0.2) is 0 Å². The second-order valence-electron chi connectivity index (χ2n) is 3.81. The van der Waals surface area contributed by atoms with Gasteiger partial charge in [0.1, 0.15) is 0 Å². The fourth-order valence-electron chi connectivity index (χ4n) is 1.66. The Morgan fingerprint density at radius 1 is 1.29 bits per heavy atom. The first-order valence-electron chi connectivity index (χ1n) is 4.99. The van der Waals surface area contributed by atoms with Crippen molar-refractivity contribution in [2.75, 3.05) is 19.6 Å². The average Bonchev–Trinajstić information content (AvgIpc) is 2.12. The van der Waals surface area contributed by atoms with Crippen molar-refractivity contribution < 1.29 is 0 Å². The molecule has 0 amide bonds. The van der Waals surface area contributed by atoms with Crippen molar-refractivity contribution >= 4 is 11.6 Å². The summed E-state index contributed by atoms with van der Waals surface area (Å²) in [6, 6.07) is 7.92. The van der Waals surface area contributed by atoms with Gasteiger partial charge >= 0.3 is 0 Å². The monoisotopic (exact) mass is 210 g/mol. The van der Waals surface area contributed by atoms with Crippen LogP contribution in [0.25, 0.3) is 0 Å². The lowest BCUT2D eigenvalue weighted by Crippen LogP contribution is -2.41. The van der Waals surface area contributed by atoms with Crippen molar-refractivity contribution in [3.8, 4) is 0 Å². The van der Waals surface area contributed by atoms with Crippen LogP contribution >= 0.6 is 11.6 Å². The summed E-state index contributed by atoms with van der Waals surface area (Å²) in [7, 11) is 0. The molecule has 76 valence electrons. The van der Waals surface area contributed by atoms with Gasteiger partial charge in [0.05, 0.1) is 0 Å². The zero-order chi connectivity index (χ0) is 9.97. The third-order valence-corrected chi connectivity index (χ3v) is 2.95. The third-order valence-electron chi connectivity index (χ3n) is 2.70. The van der Waals surface area contributed by atoms with Crippen LogP contribution in [-0.2, 0) is 0 Å². The maximum atomic E-state index is 6.07. The van der Waals surface area contributed by atoms with E-state index in [2.05, 4.69) is 4.90 Å². The second kappa shape index (κ2) is 4.30. The van der Waals surface area contributed by atoms with Gasteiger partial charge in [-0.25, -0.2) is 0 Å². The van der Waals surface area contributed by atoms with Crippen molar-refractivity contribution in [1.29, 1.82) is 0 Å². The zero-order valence-corrected chi connectivity index (χ0v) is 8.87. The van der Waals surface area contributed by atoms with Crippen molar-refractivity contribution in [2.24, 2.45) is 5.73 Å². The van der Waals surface area contributed by atoms with Crippen LogP contribution in [0.3, 0.4) is 0 Å². The molecule has 1 fully saturated rings. The van der Waals surface area contributed by atoms with Gasteiger partial charge in [-0.1, -0.05) is 23.7 Å². The van der Waals surface area contributed by atoms with E-state index in [0.717, 1.165) is 11.6 Å². The van der Waals surface area contributed by atoms with Gasteiger partial charge in [0.2, 0.25) is 0 Å². The fourth-order valence-corrected chi connectivity index (χ4v) is 1.78. The van der Waals surface area contributed by atoms with Crippen molar-refractivity contribution in [3.05, 3.63) is 34.9 Å². The fraction of sp³-hybridized carbons (Fsp3) is 0.455. The van der Waals surface area contributed by atoms with Crippen LogP contribution < -0.4 is 5.73 Å². The molecule has 2 rings (SSSR count). The summed E-state index contributed by atoms with van der Waals surface area (Å²) < 4.78 is 0. The van der Waals surface area contributed by atoms with E-state index < -0.39 is 0 Å². The molecule has 0 aliphatic carbocycles. The van der Waals surface area contributed by atoms with Crippen LogP contribution in [-0.4, -0.2) is 24.5 Å². The van der Waals surface area contributed by atoms with Crippen LogP contribution in [0.5, 0.6) is 0 Å². The Labute approximate surface area is 89.7 Å². The lowest BCUT2D eigenvalue weighted by Gasteiger charge is -2.33. The van der Waals surface area contributed by atoms with Crippen molar-refractivity contribution in [1.82, 2.24) is 4.90 Å². The summed E-state index contributed by atoms with van der Waals surface area (Å²) in [6.07, 6.45) is 1.31. The Bertz CT molecular complexity index is 293. The minimum Gasteiger partial charge on any atom is -0.323 e. The van der Waals surface area contributed by atoms with Gasteiger partial charge < -0.3 is 10.6 Å². The number of hydrogen-bond donors (Lipinski definition) is 1. The summed E-state index contributed by atoms with van der Waals surface area (Å²) in [6.45, 7) is 3.35. The van der Waals surface area contributed by atoms with Gasteiger partial charge in [-0.2, -0.15) is 0 Å². The van der Waals surface area contributed by atoms with Gasteiger partial charge in [0, 0.05) is 17.6 Å². The standard InChI is InChI=1S/C11H15ClN2/c12-10-4-2-9(3-5-10)11(13)8-14-6-1-7-14/h2-5,11H,1,6-8,13H2/t11-/m1/s1. The molecule has 1 saturated heterocycles. The predicted molar refractivity (Wildman–Crippen MR) is 59.4 cm³/mol. The molecule has 1 aliphatic rings. The van der Waals surface area contributed by atoms with Gasteiger partial charge in [0.25, 0.3) is 0 Å². The Morgan fingerprint density at radius 2 is 1.93 bits per heavy atom. The van der Waals surface area contributed by atoms with Crippen molar-refractivity contribution in [3.63, 3.8) is 0 Å². The van der Waals surface area contributed by atoms with E-state index in [-0.39, 0.29) is 6.04 Å². The van der Waals surface area contributed by atoms with Crippen LogP contribution in [0.15, 0.2) is 24.3 Å². The van der Waals surface area contributed by atoms with E-state index in [1.54, 1.807) is 0 Å². The second-order valence-corrected chi connectivity index (χ2v) is 4.25. The smallest absolute Gasteiger partial charge is 0.0424 e. The minimum absolute atomic E-state index is 0.118. The van der Waals surface area contributed by atoms with Crippen LogP contribution in [0.4, 0.5) is 0 Å². The minimum atomic E-state index is 0.118. The Balaban J connectivity index is 1.95. The molecule has 0 bridgehead atoms. The molecular formula is C11H15ClN2. The first-order chi connectivity index (χ1) is 6.75. The van der Waals surface area contributed by atoms with Crippen LogP contribution in [0.2, 0.25) is 5.02 Å². The molecule has 1 aromatic carbocycles. The molecular weight excluding hydrogens is 196 g/mol. The number of nitrogens with zero attached hydrogens (tertiary/aromatic N) is 1. The molecule has 0 radical (unpaired) electrons. The van der Waals surface area contributed by atoms with Crippen LogP contribution in [0, 0.1) is 0 Å². The number of nitrogens with two attached hydrogens (primary N) is 1. The van der Waals surface area contributed by atoms with E-state index in [1.807, 2.05) is 24.3 Å². The summed E-state index contributed by atoms with van der Waals surface area (Å²) in [5, 5.41) is 0.768. The summed E-state index contributed by atoms with van der Waals surface area (Å²) >= 11 is 5.81. The lowest BCUT2D eigenvalue weighted by molar-refractivity contribution is 0.170. The topological polar surface area (TPSA) is 29.3 Å². The average molecular weight is 211 g/mol. The van der Waals surface area contributed by atoms with Gasteiger partial charge in [-0.15, -0.1) is 0 Å². The number of rotatable bonds is 3. The number of hydrogen-bond acceptors (Lipinski definition) is 2. The highest BCUT2D eigenvalue weighted by Gasteiger charge is 2.17. The molecule has 2 nitrogen and oxygen atoms in total. The first kappa shape index (κ1) is 9.97. The maximum Gasteiger partial charge on any atom is 0.0424 e. The molecule has 1 atom stereocenters. The molecule has 0 aromatic heterocycles. The summed E-state index contributed by atoms with van der Waals surface area (Å²) in [5.41, 5.74) is 7.24. The number of benzene rings is 1. The van der Waals surface area contributed by atoms with E-state index in [1.165, 1.54) is 25.1 Å². The number of halogens is 1.